The fraction of sp³-hybridized carbons (Fsp3) is 0.368. The lowest BCUT2D eigenvalue weighted by atomic mass is 9.81. The SMILES string of the molecule is CC1CC(F)=CC=C1C1(c2nnc(-c3ccc(Cl)cc3Cl)n2C)CC1. The fourth-order valence-electron chi connectivity index (χ4n) is 3.86. The van der Waals surface area contributed by atoms with E-state index in [4.69, 9.17) is 23.2 Å². The highest BCUT2D eigenvalue weighted by Gasteiger charge is 2.52. The molecular weight excluding hydrogens is 360 g/mol. The molecule has 1 unspecified atom stereocenters. The van der Waals surface area contributed by atoms with E-state index >= 15 is 0 Å². The van der Waals surface area contributed by atoms with Crippen LogP contribution in [0.3, 0.4) is 0 Å². The van der Waals surface area contributed by atoms with Gasteiger partial charge in [-0.1, -0.05) is 41.8 Å². The van der Waals surface area contributed by atoms with Gasteiger partial charge in [0, 0.05) is 24.1 Å². The van der Waals surface area contributed by atoms with Gasteiger partial charge >= 0.3 is 0 Å². The molecule has 1 aromatic carbocycles. The Morgan fingerprint density at radius 1 is 1.20 bits per heavy atom. The van der Waals surface area contributed by atoms with E-state index in [1.165, 1.54) is 5.57 Å². The molecule has 2 aliphatic carbocycles. The molecule has 0 saturated heterocycles. The van der Waals surface area contributed by atoms with Gasteiger partial charge in [-0.3, -0.25) is 0 Å². The number of hydrogen-bond donors (Lipinski definition) is 0. The molecule has 0 bridgehead atoms. The molecule has 0 N–H and O–H groups in total. The van der Waals surface area contributed by atoms with Crippen LogP contribution in [-0.4, -0.2) is 14.8 Å². The lowest BCUT2D eigenvalue weighted by Gasteiger charge is -2.26. The zero-order valence-electron chi connectivity index (χ0n) is 14.1. The number of aromatic nitrogens is 3. The molecule has 0 spiro atoms. The monoisotopic (exact) mass is 377 g/mol. The standard InChI is InChI=1S/C19H18Cl2FN3/c1-11-9-13(22)4-6-15(11)19(7-8-19)18-24-23-17(25(18)2)14-5-3-12(20)10-16(14)21/h3-6,10-11H,7-9H2,1-2H3. The first-order valence-corrected chi connectivity index (χ1v) is 9.10. The maximum absolute atomic E-state index is 13.6. The zero-order valence-corrected chi connectivity index (χ0v) is 15.6. The molecule has 1 aromatic heterocycles. The van der Waals surface area contributed by atoms with Crippen molar-refractivity contribution in [2.75, 3.05) is 0 Å². The van der Waals surface area contributed by atoms with Crippen LogP contribution >= 0.6 is 23.2 Å². The zero-order chi connectivity index (χ0) is 17.8. The normalized spacial score (nSPS) is 21.7. The van der Waals surface area contributed by atoms with Gasteiger partial charge in [-0.25, -0.2) is 4.39 Å². The Morgan fingerprint density at radius 3 is 2.60 bits per heavy atom. The van der Waals surface area contributed by atoms with Gasteiger partial charge < -0.3 is 4.57 Å². The minimum absolute atomic E-state index is 0.0568. The fourth-order valence-corrected chi connectivity index (χ4v) is 4.36. The van der Waals surface area contributed by atoms with Crippen LogP contribution in [0.4, 0.5) is 4.39 Å². The molecule has 3 nitrogen and oxygen atoms in total. The Balaban J connectivity index is 1.77. The first-order chi connectivity index (χ1) is 11.9. The second-order valence-electron chi connectivity index (χ2n) is 6.95. The molecule has 1 heterocycles. The summed E-state index contributed by atoms with van der Waals surface area (Å²) in [5, 5.41) is 10.0. The number of allylic oxidation sites excluding steroid dienone is 4. The molecular formula is C19H18Cl2FN3. The third kappa shape index (κ3) is 2.72. The van der Waals surface area contributed by atoms with Crippen molar-refractivity contribution in [1.82, 2.24) is 14.8 Å². The first kappa shape index (κ1) is 16.8. The number of rotatable bonds is 3. The van der Waals surface area contributed by atoms with E-state index in [0.29, 0.717) is 22.3 Å². The number of halogens is 3. The van der Waals surface area contributed by atoms with E-state index in [0.717, 1.165) is 24.2 Å². The van der Waals surface area contributed by atoms with Crippen LogP contribution in [0.5, 0.6) is 0 Å². The molecule has 2 aromatic rings. The Hall–Kier alpha value is -1.65. The predicted octanol–water partition coefficient (Wildman–Crippen LogP) is 5.64. The Labute approximate surface area is 156 Å². The first-order valence-electron chi connectivity index (χ1n) is 8.34. The lowest BCUT2D eigenvalue weighted by molar-refractivity contribution is 0.486. The number of hydrogen-bond acceptors (Lipinski definition) is 2. The van der Waals surface area contributed by atoms with Crippen LogP contribution in [0, 0.1) is 5.92 Å². The van der Waals surface area contributed by atoms with Crippen LogP contribution < -0.4 is 0 Å². The van der Waals surface area contributed by atoms with Crippen LogP contribution in [0.1, 0.15) is 32.0 Å². The quantitative estimate of drug-likeness (QED) is 0.692. The second-order valence-corrected chi connectivity index (χ2v) is 7.80. The lowest BCUT2D eigenvalue weighted by Crippen LogP contribution is -2.22. The molecule has 0 radical (unpaired) electrons. The van der Waals surface area contributed by atoms with Gasteiger partial charge in [0.25, 0.3) is 0 Å². The van der Waals surface area contributed by atoms with Crippen LogP contribution in [0.15, 0.2) is 41.8 Å². The highest BCUT2D eigenvalue weighted by atomic mass is 35.5. The van der Waals surface area contributed by atoms with E-state index in [2.05, 4.69) is 17.1 Å². The third-order valence-electron chi connectivity index (χ3n) is 5.25. The van der Waals surface area contributed by atoms with E-state index in [1.54, 1.807) is 18.2 Å². The topological polar surface area (TPSA) is 30.7 Å². The predicted molar refractivity (Wildman–Crippen MR) is 98.4 cm³/mol. The molecule has 6 heteroatoms. The van der Waals surface area contributed by atoms with Crippen molar-refractivity contribution in [1.29, 1.82) is 0 Å². The number of benzene rings is 1. The van der Waals surface area contributed by atoms with E-state index in [1.807, 2.05) is 23.8 Å². The summed E-state index contributed by atoms with van der Waals surface area (Å²) in [4.78, 5) is 0. The van der Waals surface area contributed by atoms with Gasteiger partial charge in [0.05, 0.1) is 10.4 Å². The largest absolute Gasteiger partial charge is 0.313 e. The van der Waals surface area contributed by atoms with Crippen LogP contribution in [-0.2, 0) is 12.5 Å². The average molecular weight is 378 g/mol. The summed E-state index contributed by atoms with van der Waals surface area (Å²) >= 11 is 12.3. The smallest absolute Gasteiger partial charge is 0.165 e. The maximum Gasteiger partial charge on any atom is 0.165 e. The summed E-state index contributed by atoms with van der Waals surface area (Å²) in [5.41, 5.74) is 1.92. The molecule has 1 fully saturated rings. The van der Waals surface area contributed by atoms with Crippen molar-refractivity contribution < 1.29 is 4.39 Å². The number of nitrogens with zero attached hydrogens (tertiary/aromatic N) is 3. The highest BCUT2D eigenvalue weighted by Crippen LogP contribution is 2.57. The Kier molecular flexibility index (Phi) is 4.00. The van der Waals surface area contributed by atoms with Gasteiger partial charge in [0.15, 0.2) is 5.82 Å². The Bertz CT molecular complexity index is 909. The van der Waals surface area contributed by atoms with E-state index in [9.17, 15) is 4.39 Å². The minimum Gasteiger partial charge on any atom is -0.313 e. The molecule has 0 amide bonds. The van der Waals surface area contributed by atoms with Crippen molar-refractivity contribution in [3.63, 3.8) is 0 Å². The molecule has 2 aliphatic rings. The maximum atomic E-state index is 13.6. The summed E-state index contributed by atoms with van der Waals surface area (Å²) in [6.07, 6.45) is 6.00. The molecule has 130 valence electrons. The van der Waals surface area contributed by atoms with E-state index < -0.39 is 0 Å². The van der Waals surface area contributed by atoms with Crippen molar-refractivity contribution >= 4 is 23.2 Å². The van der Waals surface area contributed by atoms with Crippen molar-refractivity contribution in [3.8, 4) is 11.4 Å². The molecule has 25 heavy (non-hydrogen) atoms. The van der Waals surface area contributed by atoms with Crippen molar-refractivity contribution in [2.45, 2.75) is 31.6 Å². The second kappa shape index (κ2) is 5.96. The summed E-state index contributed by atoms with van der Waals surface area (Å²) < 4.78 is 15.6. The van der Waals surface area contributed by atoms with Gasteiger partial charge in [0.1, 0.15) is 11.7 Å². The van der Waals surface area contributed by atoms with Gasteiger partial charge in [-0.05, 0) is 43.0 Å². The van der Waals surface area contributed by atoms with Crippen LogP contribution in [0.25, 0.3) is 11.4 Å². The molecule has 1 saturated carbocycles. The van der Waals surface area contributed by atoms with Gasteiger partial charge in [-0.15, -0.1) is 10.2 Å². The van der Waals surface area contributed by atoms with Crippen molar-refractivity contribution in [3.05, 3.63) is 57.6 Å². The average Bonchev–Trinajstić information content (AvgIpc) is 3.25. The summed E-state index contributed by atoms with van der Waals surface area (Å²) in [5.74, 6) is 1.75. The molecule has 4 rings (SSSR count). The molecule has 1 atom stereocenters. The van der Waals surface area contributed by atoms with Crippen molar-refractivity contribution in [2.24, 2.45) is 13.0 Å². The minimum atomic E-state index is -0.129. The van der Waals surface area contributed by atoms with Crippen LogP contribution in [0.2, 0.25) is 10.0 Å². The van der Waals surface area contributed by atoms with Gasteiger partial charge in [-0.2, -0.15) is 0 Å². The molecule has 0 aliphatic heterocycles. The Morgan fingerprint density at radius 2 is 1.96 bits per heavy atom. The summed E-state index contributed by atoms with van der Waals surface area (Å²) in [6.45, 7) is 2.08. The summed E-state index contributed by atoms with van der Waals surface area (Å²) in [7, 11) is 1.96. The third-order valence-corrected chi connectivity index (χ3v) is 5.80. The van der Waals surface area contributed by atoms with Gasteiger partial charge in [0.2, 0.25) is 0 Å². The van der Waals surface area contributed by atoms with E-state index in [-0.39, 0.29) is 17.2 Å². The summed E-state index contributed by atoms with van der Waals surface area (Å²) in [6, 6.07) is 5.36. The highest BCUT2D eigenvalue weighted by molar-refractivity contribution is 6.36.